The molecule has 5 nitrogen and oxygen atoms in total. The second-order valence-electron chi connectivity index (χ2n) is 7.03. The first-order chi connectivity index (χ1) is 13.1. The zero-order valence-corrected chi connectivity index (χ0v) is 17.4. The van der Waals surface area contributed by atoms with Gasteiger partial charge in [0.15, 0.2) is 5.96 Å². The normalized spacial score (nSPS) is 14.1. The number of aromatic hydroxyl groups is 1. The molecule has 0 atom stereocenters. The first-order valence-electron chi connectivity index (χ1n) is 9.86. The van der Waals surface area contributed by atoms with Gasteiger partial charge in [-0.05, 0) is 63.6 Å². The van der Waals surface area contributed by atoms with Crippen LogP contribution in [0.4, 0.5) is 0 Å². The van der Waals surface area contributed by atoms with E-state index in [9.17, 15) is 5.11 Å². The predicted octanol–water partition coefficient (Wildman–Crippen LogP) is 3.64. The highest BCUT2D eigenvalue weighted by Crippen LogP contribution is 2.31. The number of aromatic nitrogens is 1. The summed E-state index contributed by atoms with van der Waals surface area (Å²) in [6.45, 7) is 8.33. The second-order valence-corrected chi connectivity index (χ2v) is 8.32. The zero-order chi connectivity index (χ0) is 19.2. The first kappa shape index (κ1) is 19.7. The van der Waals surface area contributed by atoms with E-state index in [-0.39, 0.29) is 0 Å². The number of guanidine groups is 1. The monoisotopic (exact) mass is 386 g/mol. The summed E-state index contributed by atoms with van der Waals surface area (Å²) in [7, 11) is 0. The molecule has 2 aromatic rings. The van der Waals surface area contributed by atoms with Gasteiger partial charge in [0.25, 0.3) is 0 Å². The Balaban J connectivity index is 1.65. The molecule has 1 aromatic carbocycles. The molecular weight excluding hydrogens is 356 g/mol. The molecular formula is C21H30N4OS. The summed E-state index contributed by atoms with van der Waals surface area (Å²) >= 11 is 1.76. The number of hydrogen-bond acceptors (Lipinski definition) is 4. The minimum atomic E-state index is 0.365. The van der Waals surface area contributed by atoms with Gasteiger partial charge in [-0.3, -0.25) is 0 Å². The molecule has 0 radical (unpaired) electrons. The van der Waals surface area contributed by atoms with Gasteiger partial charge >= 0.3 is 0 Å². The molecule has 27 heavy (non-hydrogen) atoms. The van der Waals surface area contributed by atoms with Crippen molar-refractivity contribution in [3.05, 3.63) is 44.4 Å². The van der Waals surface area contributed by atoms with Crippen molar-refractivity contribution >= 4 is 17.3 Å². The fraction of sp³-hybridized carbons (Fsp3) is 0.524. The Morgan fingerprint density at radius 3 is 2.78 bits per heavy atom. The third kappa shape index (κ3) is 5.01. The number of hydrogen-bond donors (Lipinski definition) is 3. The van der Waals surface area contributed by atoms with Crippen LogP contribution in [0.2, 0.25) is 0 Å². The maximum Gasteiger partial charge on any atom is 0.191 e. The molecule has 0 bridgehead atoms. The van der Waals surface area contributed by atoms with E-state index < -0.39 is 0 Å². The smallest absolute Gasteiger partial charge is 0.191 e. The van der Waals surface area contributed by atoms with Crippen LogP contribution in [0, 0.1) is 13.8 Å². The third-order valence-electron chi connectivity index (χ3n) is 5.07. The van der Waals surface area contributed by atoms with Crippen molar-refractivity contribution in [1.29, 1.82) is 0 Å². The van der Waals surface area contributed by atoms with Crippen molar-refractivity contribution in [3.63, 3.8) is 0 Å². The van der Waals surface area contributed by atoms with Crippen LogP contribution in [0.1, 0.15) is 52.0 Å². The van der Waals surface area contributed by atoms with Gasteiger partial charge in [0.1, 0.15) is 5.75 Å². The Morgan fingerprint density at radius 2 is 2.04 bits per heavy atom. The highest BCUT2D eigenvalue weighted by Gasteiger charge is 2.16. The molecule has 6 heteroatoms. The van der Waals surface area contributed by atoms with Crippen LogP contribution in [0.25, 0.3) is 0 Å². The van der Waals surface area contributed by atoms with Crippen LogP contribution >= 0.6 is 11.3 Å². The van der Waals surface area contributed by atoms with Gasteiger partial charge in [-0.2, -0.15) is 0 Å². The van der Waals surface area contributed by atoms with E-state index in [1.807, 2.05) is 6.07 Å². The van der Waals surface area contributed by atoms with Gasteiger partial charge in [-0.25, -0.2) is 9.98 Å². The molecule has 0 spiro atoms. The van der Waals surface area contributed by atoms with Crippen LogP contribution in [0.5, 0.6) is 5.75 Å². The summed E-state index contributed by atoms with van der Waals surface area (Å²) in [5.74, 6) is 1.15. The van der Waals surface area contributed by atoms with Gasteiger partial charge < -0.3 is 15.7 Å². The lowest BCUT2D eigenvalue weighted by Crippen LogP contribution is -2.38. The largest absolute Gasteiger partial charge is 0.508 e. The Labute approximate surface area is 166 Å². The lowest BCUT2D eigenvalue weighted by atomic mass is 9.88. The molecule has 0 saturated carbocycles. The van der Waals surface area contributed by atoms with Gasteiger partial charge in [-0.1, -0.05) is 6.07 Å². The maximum atomic E-state index is 10.3. The zero-order valence-electron chi connectivity index (χ0n) is 16.6. The predicted molar refractivity (Wildman–Crippen MR) is 113 cm³/mol. The second kappa shape index (κ2) is 9.22. The van der Waals surface area contributed by atoms with E-state index in [1.54, 1.807) is 11.3 Å². The summed E-state index contributed by atoms with van der Waals surface area (Å²) in [4.78, 5) is 10.6. The van der Waals surface area contributed by atoms with Gasteiger partial charge in [0.2, 0.25) is 0 Å². The molecule has 1 heterocycles. The average molecular weight is 387 g/mol. The van der Waals surface area contributed by atoms with E-state index in [0.717, 1.165) is 54.6 Å². The number of nitrogens with one attached hydrogen (secondary N) is 2. The van der Waals surface area contributed by atoms with E-state index in [1.165, 1.54) is 28.8 Å². The van der Waals surface area contributed by atoms with Gasteiger partial charge in [0.05, 0.1) is 17.2 Å². The number of nitrogens with zero attached hydrogens (tertiary/aromatic N) is 2. The van der Waals surface area contributed by atoms with E-state index in [2.05, 4.69) is 42.5 Å². The number of phenolic OH excluding ortho intramolecular Hbond substituents is 1. The molecule has 146 valence electrons. The Hall–Kier alpha value is -2.08. The molecule has 1 aliphatic carbocycles. The van der Waals surface area contributed by atoms with Crippen molar-refractivity contribution < 1.29 is 5.11 Å². The number of aryl methyl sites for hydroxylation is 3. The minimum absolute atomic E-state index is 0.365. The number of fused-ring (bicyclic) bond motifs is 1. The fourth-order valence-electron chi connectivity index (χ4n) is 3.50. The maximum absolute atomic E-state index is 10.3. The highest BCUT2D eigenvalue weighted by molar-refractivity contribution is 7.11. The summed E-state index contributed by atoms with van der Waals surface area (Å²) in [5.41, 5.74) is 4.78. The van der Waals surface area contributed by atoms with Crippen molar-refractivity contribution in [2.24, 2.45) is 4.99 Å². The number of aliphatic imine (C=N–C) groups is 1. The molecule has 3 N–H and O–H groups in total. The minimum Gasteiger partial charge on any atom is -0.508 e. The summed E-state index contributed by atoms with van der Waals surface area (Å²) < 4.78 is 0. The summed E-state index contributed by atoms with van der Waals surface area (Å²) in [6, 6.07) is 3.89. The van der Waals surface area contributed by atoms with Crippen LogP contribution in [0.3, 0.4) is 0 Å². The fourth-order valence-corrected chi connectivity index (χ4v) is 4.44. The van der Waals surface area contributed by atoms with Gasteiger partial charge in [0, 0.05) is 30.0 Å². The quantitative estimate of drug-likeness (QED) is 0.524. The van der Waals surface area contributed by atoms with E-state index in [0.29, 0.717) is 12.3 Å². The summed E-state index contributed by atoms with van der Waals surface area (Å²) in [5, 5.41) is 18.2. The van der Waals surface area contributed by atoms with Crippen LogP contribution in [-0.4, -0.2) is 29.1 Å². The molecule has 3 rings (SSSR count). The van der Waals surface area contributed by atoms with Crippen LogP contribution in [-0.2, 0) is 25.8 Å². The molecule has 1 aromatic heterocycles. The van der Waals surface area contributed by atoms with Gasteiger partial charge in [-0.15, -0.1) is 11.3 Å². The van der Waals surface area contributed by atoms with Crippen molar-refractivity contribution in [2.75, 3.05) is 13.1 Å². The number of benzene rings is 1. The highest BCUT2D eigenvalue weighted by atomic mass is 32.1. The standard InChI is InChI=1S/C21H30N4OS/c1-4-22-21(23-12-11-20-25-14(2)15(3)27-20)24-13-18-17-8-6-5-7-16(17)9-10-19(18)26/h9-10,26H,4-8,11-13H2,1-3H3,(H2,22,23,24). The molecule has 0 aliphatic heterocycles. The van der Waals surface area contributed by atoms with E-state index >= 15 is 0 Å². The van der Waals surface area contributed by atoms with Crippen molar-refractivity contribution in [1.82, 2.24) is 15.6 Å². The van der Waals surface area contributed by atoms with Crippen LogP contribution in [0.15, 0.2) is 17.1 Å². The van der Waals surface area contributed by atoms with E-state index in [4.69, 9.17) is 4.99 Å². The molecule has 0 unspecified atom stereocenters. The molecule has 1 aliphatic rings. The first-order valence-corrected chi connectivity index (χ1v) is 10.7. The van der Waals surface area contributed by atoms with Crippen molar-refractivity contribution in [3.8, 4) is 5.75 Å². The number of rotatable bonds is 6. The number of thiazole rings is 1. The Bertz CT molecular complexity index is 793. The third-order valence-corrected chi connectivity index (χ3v) is 6.20. The SMILES string of the molecule is CCNC(=NCc1c(O)ccc2c1CCCC2)NCCc1nc(C)c(C)s1. The summed E-state index contributed by atoms with van der Waals surface area (Å²) in [6.07, 6.45) is 5.47. The lowest BCUT2D eigenvalue weighted by Gasteiger charge is -2.20. The number of phenols is 1. The van der Waals surface area contributed by atoms with Crippen LogP contribution < -0.4 is 10.6 Å². The molecule has 0 saturated heterocycles. The Morgan fingerprint density at radius 1 is 1.22 bits per heavy atom. The Kier molecular flexibility index (Phi) is 6.72. The molecule has 0 amide bonds. The topological polar surface area (TPSA) is 69.5 Å². The van der Waals surface area contributed by atoms with Crippen molar-refractivity contribution in [2.45, 2.75) is 59.4 Å². The average Bonchev–Trinajstić information content (AvgIpc) is 2.98. The molecule has 0 fully saturated rings. The lowest BCUT2D eigenvalue weighted by molar-refractivity contribution is 0.465.